The molecule has 0 saturated heterocycles. The van der Waals surface area contributed by atoms with Gasteiger partial charge in [-0.1, -0.05) is 15.9 Å². The van der Waals surface area contributed by atoms with Gasteiger partial charge in [0.15, 0.2) is 0 Å². The molecule has 2 N–H and O–H groups in total. The van der Waals surface area contributed by atoms with Crippen LogP contribution in [0.2, 0.25) is 0 Å². The van der Waals surface area contributed by atoms with E-state index in [1.54, 1.807) is 0 Å². The molecule has 1 heterocycles. The molecular weight excluding hydrogens is 282 g/mol. The van der Waals surface area contributed by atoms with Crippen molar-refractivity contribution in [3.05, 3.63) is 28.7 Å². The summed E-state index contributed by atoms with van der Waals surface area (Å²) in [5, 5.41) is 5.76. The number of hydrogen-bond donors (Lipinski definition) is 1. The van der Waals surface area contributed by atoms with Crippen LogP contribution in [0, 0.1) is 5.92 Å². The summed E-state index contributed by atoms with van der Waals surface area (Å²) in [6, 6.07) is 7.51. The van der Waals surface area contributed by atoms with Crippen LogP contribution in [0.5, 0.6) is 0 Å². The number of hydrazone groups is 1. The molecule has 1 aliphatic heterocycles. The molecule has 17 heavy (non-hydrogen) atoms. The van der Waals surface area contributed by atoms with Crippen LogP contribution >= 0.6 is 15.9 Å². The van der Waals surface area contributed by atoms with Gasteiger partial charge in [-0.2, -0.15) is 5.10 Å². The van der Waals surface area contributed by atoms with Gasteiger partial charge in [-0.3, -0.25) is 4.79 Å². The monoisotopic (exact) mass is 295 g/mol. The van der Waals surface area contributed by atoms with Crippen molar-refractivity contribution in [3.8, 4) is 0 Å². The highest BCUT2D eigenvalue weighted by Gasteiger charge is 2.33. The lowest BCUT2D eigenvalue weighted by Gasteiger charge is -2.13. The van der Waals surface area contributed by atoms with E-state index in [2.05, 4.69) is 21.0 Å². The van der Waals surface area contributed by atoms with Crippen LogP contribution in [0.1, 0.15) is 13.3 Å². The van der Waals surface area contributed by atoms with Crippen molar-refractivity contribution in [2.24, 2.45) is 16.8 Å². The summed E-state index contributed by atoms with van der Waals surface area (Å²) >= 11 is 3.36. The number of halogens is 1. The second-order valence-corrected chi connectivity index (χ2v) is 4.91. The van der Waals surface area contributed by atoms with E-state index in [0.29, 0.717) is 13.0 Å². The van der Waals surface area contributed by atoms with E-state index in [1.807, 2.05) is 31.2 Å². The first-order valence-electron chi connectivity index (χ1n) is 5.48. The molecule has 1 aromatic carbocycles. The molecular formula is C12H14BrN3O. The van der Waals surface area contributed by atoms with Crippen molar-refractivity contribution in [2.45, 2.75) is 13.3 Å². The average Bonchev–Trinajstić information content (AvgIpc) is 2.59. The number of benzene rings is 1. The maximum atomic E-state index is 12.1. The van der Waals surface area contributed by atoms with Gasteiger partial charge in [-0.25, -0.2) is 5.01 Å². The summed E-state index contributed by atoms with van der Waals surface area (Å²) in [7, 11) is 0. The Morgan fingerprint density at radius 2 is 2.06 bits per heavy atom. The Kier molecular flexibility index (Phi) is 3.59. The van der Waals surface area contributed by atoms with Crippen molar-refractivity contribution >= 4 is 33.2 Å². The van der Waals surface area contributed by atoms with E-state index in [0.717, 1.165) is 15.9 Å². The van der Waals surface area contributed by atoms with Crippen LogP contribution in [-0.2, 0) is 4.79 Å². The smallest absolute Gasteiger partial charge is 0.256 e. The molecule has 1 aromatic rings. The molecule has 4 nitrogen and oxygen atoms in total. The standard InChI is InChI=1S/C12H14BrN3O/c1-8-11(6-7-14)12(17)16(15-8)10-4-2-9(13)3-5-10/h2-5,11H,6-7,14H2,1H3. The van der Waals surface area contributed by atoms with Gasteiger partial charge in [0.1, 0.15) is 0 Å². The summed E-state index contributed by atoms with van der Waals surface area (Å²) in [6.45, 7) is 2.37. The van der Waals surface area contributed by atoms with Gasteiger partial charge in [0, 0.05) is 10.2 Å². The molecule has 5 heteroatoms. The molecule has 0 spiro atoms. The third kappa shape index (κ3) is 2.40. The Balaban J connectivity index is 2.24. The molecule has 0 bridgehead atoms. The van der Waals surface area contributed by atoms with E-state index in [1.165, 1.54) is 5.01 Å². The third-order valence-corrected chi connectivity index (χ3v) is 3.32. The number of nitrogens with zero attached hydrogens (tertiary/aromatic N) is 2. The van der Waals surface area contributed by atoms with Gasteiger partial charge in [-0.15, -0.1) is 0 Å². The lowest BCUT2D eigenvalue weighted by molar-refractivity contribution is -0.119. The zero-order valence-corrected chi connectivity index (χ0v) is 11.1. The Morgan fingerprint density at radius 3 is 2.65 bits per heavy atom. The first-order valence-corrected chi connectivity index (χ1v) is 6.27. The second kappa shape index (κ2) is 4.98. The molecule has 0 radical (unpaired) electrons. The first kappa shape index (κ1) is 12.3. The second-order valence-electron chi connectivity index (χ2n) is 4.00. The fourth-order valence-corrected chi connectivity index (χ4v) is 2.13. The fourth-order valence-electron chi connectivity index (χ4n) is 1.87. The van der Waals surface area contributed by atoms with Gasteiger partial charge < -0.3 is 5.73 Å². The zero-order chi connectivity index (χ0) is 12.4. The van der Waals surface area contributed by atoms with E-state index in [4.69, 9.17) is 5.73 Å². The van der Waals surface area contributed by atoms with Crippen molar-refractivity contribution < 1.29 is 4.79 Å². The maximum Gasteiger partial charge on any atom is 0.256 e. The minimum absolute atomic E-state index is 0.00951. The topological polar surface area (TPSA) is 58.7 Å². The van der Waals surface area contributed by atoms with Crippen LogP contribution < -0.4 is 10.7 Å². The molecule has 2 rings (SSSR count). The Hall–Kier alpha value is -1.20. The predicted octanol–water partition coefficient (Wildman–Crippen LogP) is 2.14. The lowest BCUT2D eigenvalue weighted by Crippen LogP contribution is -2.28. The Bertz CT molecular complexity index is 455. The van der Waals surface area contributed by atoms with E-state index >= 15 is 0 Å². The molecule has 0 aliphatic carbocycles. The SMILES string of the molecule is CC1=NN(c2ccc(Br)cc2)C(=O)C1CCN. The molecule has 1 atom stereocenters. The van der Waals surface area contributed by atoms with Crippen molar-refractivity contribution in [1.82, 2.24) is 0 Å². The van der Waals surface area contributed by atoms with E-state index in [-0.39, 0.29) is 11.8 Å². The minimum atomic E-state index is -0.163. The lowest BCUT2D eigenvalue weighted by atomic mass is 10.0. The number of carbonyl (C=O) groups is 1. The molecule has 1 amide bonds. The molecule has 1 aliphatic rings. The third-order valence-electron chi connectivity index (χ3n) is 2.80. The van der Waals surface area contributed by atoms with Crippen LogP contribution in [0.25, 0.3) is 0 Å². The van der Waals surface area contributed by atoms with Gasteiger partial charge in [0.25, 0.3) is 5.91 Å². The molecule has 0 aromatic heterocycles. The number of amides is 1. The summed E-state index contributed by atoms with van der Waals surface area (Å²) in [4.78, 5) is 12.1. The number of anilines is 1. The average molecular weight is 296 g/mol. The van der Waals surface area contributed by atoms with Crippen LogP contribution in [-0.4, -0.2) is 18.2 Å². The maximum absolute atomic E-state index is 12.1. The number of carbonyl (C=O) groups excluding carboxylic acids is 1. The predicted molar refractivity (Wildman–Crippen MR) is 71.9 cm³/mol. The molecule has 1 unspecified atom stereocenters. The summed E-state index contributed by atoms with van der Waals surface area (Å²) in [5.74, 6) is -0.154. The highest BCUT2D eigenvalue weighted by molar-refractivity contribution is 9.10. The van der Waals surface area contributed by atoms with E-state index < -0.39 is 0 Å². The summed E-state index contributed by atoms with van der Waals surface area (Å²) < 4.78 is 0.979. The summed E-state index contributed by atoms with van der Waals surface area (Å²) in [6.07, 6.45) is 0.654. The Morgan fingerprint density at radius 1 is 1.41 bits per heavy atom. The van der Waals surface area contributed by atoms with Crippen molar-refractivity contribution in [1.29, 1.82) is 0 Å². The van der Waals surface area contributed by atoms with Gasteiger partial charge in [0.2, 0.25) is 0 Å². The highest BCUT2D eigenvalue weighted by Crippen LogP contribution is 2.26. The zero-order valence-electron chi connectivity index (χ0n) is 9.56. The van der Waals surface area contributed by atoms with Crippen LogP contribution in [0.3, 0.4) is 0 Å². The molecule has 0 fully saturated rings. The number of nitrogens with two attached hydrogens (primary N) is 1. The first-order chi connectivity index (χ1) is 8.13. The number of hydrogen-bond acceptors (Lipinski definition) is 3. The molecule has 90 valence electrons. The van der Waals surface area contributed by atoms with Gasteiger partial charge in [-0.05, 0) is 44.2 Å². The largest absolute Gasteiger partial charge is 0.330 e. The summed E-state index contributed by atoms with van der Waals surface area (Å²) in [5.41, 5.74) is 7.13. The van der Waals surface area contributed by atoms with E-state index in [9.17, 15) is 4.79 Å². The van der Waals surface area contributed by atoms with Gasteiger partial charge in [0.05, 0.1) is 11.6 Å². The molecule has 0 saturated carbocycles. The number of rotatable bonds is 3. The normalized spacial score (nSPS) is 19.7. The highest BCUT2D eigenvalue weighted by atomic mass is 79.9. The Labute approximate surface area is 109 Å². The van der Waals surface area contributed by atoms with Gasteiger partial charge >= 0.3 is 0 Å². The van der Waals surface area contributed by atoms with Crippen LogP contribution in [0.15, 0.2) is 33.8 Å². The quantitative estimate of drug-likeness (QED) is 0.929. The van der Waals surface area contributed by atoms with Crippen molar-refractivity contribution in [2.75, 3.05) is 11.6 Å². The fraction of sp³-hybridized carbons (Fsp3) is 0.333. The minimum Gasteiger partial charge on any atom is -0.330 e. The van der Waals surface area contributed by atoms with Crippen LogP contribution in [0.4, 0.5) is 5.69 Å². The van der Waals surface area contributed by atoms with Crippen molar-refractivity contribution in [3.63, 3.8) is 0 Å².